The van der Waals surface area contributed by atoms with E-state index in [-0.39, 0.29) is 0 Å². The highest BCUT2D eigenvalue weighted by Gasteiger charge is 2.14. The van der Waals surface area contributed by atoms with E-state index in [1.54, 1.807) is 0 Å². The van der Waals surface area contributed by atoms with Crippen molar-refractivity contribution in [3.05, 3.63) is 46.6 Å². The molecule has 0 fully saturated rings. The van der Waals surface area contributed by atoms with E-state index in [2.05, 4.69) is 41.7 Å². The molecule has 0 atom stereocenters. The van der Waals surface area contributed by atoms with Gasteiger partial charge in [0.15, 0.2) is 0 Å². The molecule has 25 heavy (non-hydrogen) atoms. The maximum absolute atomic E-state index is 6.46. The van der Waals surface area contributed by atoms with Crippen LogP contribution in [0.3, 0.4) is 0 Å². The molecule has 0 aliphatic rings. The molecule has 0 unspecified atom stereocenters. The van der Waals surface area contributed by atoms with Gasteiger partial charge in [-0.2, -0.15) is 5.10 Å². The Hall–Kier alpha value is -1.78. The summed E-state index contributed by atoms with van der Waals surface area (Å²) < 4.78 is 5.77. The van der Waals surface area contributed by atoms with E-state index in [0.717, 1.165) is 41.2 Å². The lowest BCUT2D eigenvalue weighted by Gasteiger charge is -2.17. The summed E-state index contributed by atoms with van der Waals surface area (Å²) in [5.41, 5.74) is 5.18. The molecule has 0 aliphatic heterocycles. The van der Waals surface area contributed by atoms with E-state index in [1.165, 1.54) is 18.4 Å². The lowest BCUT2D eigenvalue weighted by Crippen LogP contribution is -2.19. The van der Waals surface area contributed by atoms with Gasteiger partial charge in [-0.25, -0.2) is 0 Å². The number of unbranched alkanes of at least 4 members (excludes halogenated alkanes) is 1. The number of aryl methyl sites for hydroxylation is 1. The number of benzene rings is 1. The Morgan fingerprint density at radius 1 is 1.40 bits per heavy atom. The van der Waals surface area contributed by atoms with Crippen LogP contribution in [0.2, 0.25) is 5.02 Å². The van der Waals surface area contributed by atoms with E-state index >= 15 is 0 Å². The molecule has 4 nitrogen and oxygen atoms in total. The van der Waals surface area contributed by atoms with Crippen LogP contribution in [-0.4, -0.2) is 35.3 Å². The van der Waals surface area contributed by atoms with E-state index in [0.29, 0.717) is 11.6 Å². The lowest BCUT2D eigenvalue weighted by atomic mass is 10.0. The predicted molar refractivity (Wildman–Crippen MR) is 105 cm³/mol. The molecule has 2 rings (SSSR count). The van der Waals surface area contributed by atoms with Crippen molar-refractivity contribution in [2.75, 3.05) is 20.2 Å². The van der Waals surface area contributed by atoms with Crippen molar-refractivity contribution >= 4 is 11.6 Å². The monoisotopic (exact) mass is 361 g/mol. The normalized spacial score (nSPS) is 11.1. The number of nitrogens with one attached hydrogen (secondary N) is 1. The number of hydrogen-bond acceptors (Lipinski definition) is 3. The third-order valence-corrected chi connectivity index (χ3v) is 4.31. The van der Waals surface area contributed by atoms with Gasteiger partial charge in [-0.3, -0.25) is 5.10 Å². The fourth-order valence-corrected chi connectivity index (χ4v) is 3.05. The molecular weight excluding hydrogens is 334 g/mol. The minimum absolute atomic E-state index is 0.470. The number of halogens is 1. The Bertz CT molecular complexity index is 700. The molecule has 5 heteroatoms. The predicted octanol–water partition coefficient (Wildman–Crippen LogP) is 5.23. The third kappa shape index (κ3) is 5.35. The zero-order valence-corrected chi connectivity index (χ0v) is 16.4. The van der Waals surface area contributed by atoms with Crippen LogP contribution in [-0.2, 0) is 6.54 Å². The van der Waals surface area contributed by atoms with E-state index in [1.807, 2.05) is 26.1 Å². The highest BCUT2D eigenvalue weighted by atomic mass is 35.5. The lowest BCUT2D eigenvalue weighted by molar-refractivity contribution is 0.321. The van der Waals surface area contributed by atoms with Crippen molar-refractivity contribution < 1.29 is 4.74 Å². The highest BCUT2D eigenvalue weighted by molar-refractivity contribution is 6.32. The first-order valence-electron chi connectivity index (χ1n) is 8.70. The van der Waals surface area contributed by atoms with Crippen LogP contribution >= 0.6 is 11.6 Å². The Morgan fingerprint density at radius 2 is 2.16 bits per heavy atom. The molecule has 0 saturated heterocycles. The number of aromatic amines is 1. The summed E-state index contributed by atoms with van der Waals surface area (Å²) in [7, 11) is 2.14. The summed E-state index contributed by atoms with van der Waals surface area (Å²) in [5.74, 6) is 0.717. The summed E-state index contributed by atoms with van der Waals surface area (Å²) in [6.07, 6.45) is 4.29. The van der Waals surface area contributed by atoms with Gasteiger partial charge in [0.25, 0.3) is 0 Å². The Morgan fingerprint density at radius 3 is 2.80 bits per heavy atom. The van der Waals surface area contributed by atoms with Crippen LogP contribution in [0.4, 0.5) is 0 Å². The van der Waals surface area contributed by atoms with Gasteiger partial charge in [-0.15, -0.1) is 0 Å². The Balaban J connectivity index is 2.22. The molecule has 0 bridgehead atoms. The van der Waals surface area contributed by atoms with Crippen molar-refractivity contribution in [3.63, 3.8) is 0 Å². The highest BCUT2D eigenvalue weighted by Crippen LogP contribution is 2.34. The molecule has 0 spiro atoms. The van der Waals surface area contributed by atoms with Crippen molar-refractivity contribution in [1.29, 1.82) is 0 Å². The van der Waals surface area contributed by atoms with Gasteiger partial charge in [0.05, 0.1) is 16.9 Å². The van der Waals surface area contributed by atoms with Crippen molar-refractivity contribution in [1.82, 2.24) is 15.1 Å². The van der Waals surface area contributed by atoms with Gasteiger partial charge < -0.3 is 9.64 Å². The minimum Gasteiger partial charge on any atom is -0.487 e. The fourth-order valence-electron chi connectivity index (χ4n) is 2.73. The average molecular weight is 362 g/mol. The van der Waals surface area contributed by atoms with Crippen LogP contribution < -0.4 is 4.74 Å². The average Bonchev–Trinajstić information content (AvgIpc) is 2.99. The second-order valence-electron chi connectivity index (χ2n) is 6.71. The standard InChI is InChI=1S/C20H28ClN3O/c1-6-7-8-24(5)12-17-11-22-23-19(17)16-9-15(4)20(18(21)10-16)25-13-14(2)3/h9-11H,2,6-8,12-13H2,1,3-5H3,(H,22,23). The summed E-state index contributed by atoms with van der Waals surface area (Å²) in [6.45, 7) is 12.4. The molecule has 2 aromatic rings. The van der Waals surface area contributed by atoms with Gasteiger partial charge in [-0.05, 0) is 57.1 Å². The molecular formula is C20H28ClN3O. The topological polar surface area (TPSA) is 41.1 Å². The van der Waals surface area contributed by atoms with Crippen LogP contribution in [0.25, 0.3) is 11.3 Å². The summed E-state index contributed by atoms with van der Waals surface area (Å²) >= 11 is 6.46. The van der Waals surface area contributed by atoms with Crippen LogP contribution in [0.1, 0.15) is 37.8 Å². The quantitative estimate of drug-likeness (QED) is 0.622. The maximum atomic E-state index is 6.46. The SMILES string of the molecule is C=C(C)COc1c(C)cc(-c2[nH]ncc2CN(C)CCCC)cc1Cl. The second kappa shape index (κ2) is 9.07. The van der Waals surface area contributed by atoms with Crippen molar-refractivity contribution in [3.8, 4) is 17.0 Å². The molecule has 0 aliphatic carbocycles. The number of H-pyrrole nitrogens is 1. The summed E-state index contributed by atoms with van der Waals surface area (Å²) in [6, 6.07) is 4.02. The number of ether oxygens (including phenoxy) is 1. The largest absolute Gasteiger partial charge is 0.487 e. The van der Waals surface area contributed by atoms with Gasteiger partial charge >= 0.3 is 0 Å². The number of nitrogens with zero attached hydrogens (tertiary/aromatic N) is 2. The number of aromatic nitrogens is 2. The molecule has 0 amide bonds. The zero-order valence-electron chi connectivity index (χ0n) is 15.7. The smallest absolute Gasteiger partial charge is 0.141 e. The van der Waals surface area contributed by atoms with Gasteiger partial charge in [-0.1, -0.05) is 31.5 Å². The van der Waals surface area contributed by atoms with Gasteiger partial charge in [0.2, 0.25) is 0 Å². The molecule has 1 heterocycles. The second-order valence-corrected chi connectivity index (χ2v) is 7.12. The molecule has 1 aromatic carbocycles. The number of rotatable bonds is 9. The van der Waals surface area contributed by atoms with E-state index in [4.69, 9.17) is 16.3 Å². The fraction of sp³-hybridized carbons (Fsp3) is 0.450. The van der Waals surface area contributed by atoms with E-state index < -0.39 is 0 Å². The molecule has 0 radical (unpaired) electrons. The Kier molecular flexibility index (Phi) is 7.09. The first-order chi connectivity index (χ1) is 11.9. The molecule has 136 valence electrons. The first-order valence-corrected chi connectivity index (χ1v) is 9.08. The van der Waals surface area contributed by atoms with E-state index in [9.17, 15) is 0 Å². The van der Waals surface area contributed by atoms with Crippen molar-refractivity contribution in [2.45, 2.75) is 40.2 Å². The van der Waals surface area contributed by atoms with Gasteiger partial charge in [0.1, 0.15) is 12.4 Å². The molecule has 1 N–H and O–H groups in total. The van der Waals surface area contributed by atoms with Crippen LogP contribution in [0.5, 0.6) is 5.75 Å². The molecule has 0 saturated carbocycles. The van der Waals surface area contributed by atoms with Crippen molar-refractivity contribution in [2.24, 2.45) is 0 Å². The maximum Gasteiger partial charge on any atom is 0.141 e. The molecule has 1 aromatic heterocycles. The van der Waals surface area contributed by atoms with Gasteiger partial charge in [0, 0.05) is 17.7 Å². The number of hydrogen-bond donors (Lipinski definition) is 1. The Labute approximate surface area is 155 Å². The third-order valence-electron chi connectivity index (χ3n) is 4.03. The minimum atomic E-state index is 0.470. The van der Waals surface area contributed by atoms with Crippen LogP contribution in [0, 0.1) is 6.92 Å². The zero-order chi connectivity index (χ0) is 18.4. The first kappa shape index (κ1) is 19.5. The van der Waals surface area contributed by atoms with Crippen LogP contribution in [0.15, 0.2) is 30.5 Å². The summed E-state index contributed by atoms with van der Waals surface area (Å²) in [5, 5.41) is 7.96. The summed E-state index contributed by atoms with van der Waals surface area (Å²) in [4.78, 5) is 2.32.